The molecule has 0 saturated carbocycles. The third-order valence-electron chi connectivity index (χ3n) is 3.05. The minimum atomic E-state index is -0.440. The highest BCUT2D eigenvalue weighted by atomic mass is 79.9. The molecule has 1 N–H and O–H groups in total. The summed E-state index contributed by atoms with van der Waals surface area (Å²) in [6, 6.07) is 5.18. The van der Waals surface area contributed by atoms with Crippen molar-refractivity contribution in [2.75, 3.05) is 6.54 Å². The largest absolute Gasteiger partial charge is 0.309 e. The SMILES string of the molecule is CCNC(Cc1cc(F)ccc1F)c1ncc(Br)cc1Br. The number of pyridine rings is 1. The first-order chi connectivity index (χ1) is 10.0. The topological polar surface area (TPSA) is 24.9 Å². The van der Waals surface area contributed by atoms with Gasteiger partial charge in [0.15, 0.2) is 0 Å². The number of benzene rings is 1. The molecule has 0 bridgehead atoms. The van der Waals surface area contributed by atoms with E-state index in [1.807, 2.05) is 13.0 Å². The average molecular weight is 420 g/mol. The number of aromatic nitrogens is 1. The number of rotatable bonds is 5. The molecule has 112 valence electrons. The predicted molar refractivity (Wildman–Crippen MR) is 86.1 cm³/mol. The van der Waals surface area contributed by atoms with Crippen molar-refractivity contribution in [1.29, 1.82) is 0 Å². The average Bonchev–Trinajstić information content (AvgIpc) is 2.42. The van der Waals surface area contributed by atoms with Crippen molar-refractivity contribution in [2.45, 2.75) is 19.4 Å². The molecule has 0 aliphatic heterocycles. The summed E-state index contributed by atoms with van der Waals surface area (Å²) in [5.74, 6) is -0.850. The maximum absolute atomic E-state index is 13.8. The van der Waals surface area contributed by atoms with Crippen LogP contribution >= 0.6 is 31.9 Å². The highest BCUT2D eigenvalue weighted by Crippen LogP contribution is 2.27. The van der Waals surface area contributed by atoms with E-state index in [1.54, 1.807) is 6.20 Å². The third-order valence-corrected chi connectivity index (χ3v) is 4.12. The highest BCUT2D eigenvalue weighted by Gasteiger charge is 2.18. The molecule has 0 spiro atoms. The van der Waals surface area contributed by atoms with Crippen molar-refractivity contribution in [3.63, 3.8) is 0 Å². The van der Waals surface area contributed by atoms with Gasteiger partial charge >= 0.3 is 0 Å². The summed E-state index contributed by atoms with van der Waals surface area (Å²) >= 11 is 6.81. The second kappa shape index (κ2) is 7.42. The molecule has 1 aromatic carbocycles. The van der Waals surface area contributed by atoms with Crippen LogP contribution in [0.4, 0.5) is 8.78 Å². The van der Waals surface area contributed by atoms with Crippen LogP contribution in [0.5, 0.6) is 0 Å². The van der Waals surface area contributed by atoms with Gasteiger partial charge in [0.25, 0.3) is 0 Å². The summed E-state index contributed by atoms with van der Waals surface area (Å²) in [6.07, 6.45) is 2.01. The lowest BCUT2D eigenvalue weighted by Crippen LogP contribution is -2.24. The molecule has 0 fully saturated rings. The number of halogens is 4. The summed E-state index contributed by atoms with van der Waals surface area (Å²) in [7, 11) is 0. The first-order valence-electron chi connectivity index (χ1n) is 6.49. The van der Waals surface area contributed by atoms with Gasteiger partial charge in [0.05, 0.1) is 11.7 Å². The van der Waals surface area contributed by atoms with E-state index in [0.717, 1.165) is 26.8 Å². The molecule has 1 unspecified atom stereocenters. The number of likely N-dealkylation sites (N-methyl/N-ethyl adjacent to an activating group) is 1. The van der Waals surface area contributed by atoms with Crippen LogP contribution in [0, 0.1) is 11.6 Å². The number of nitrogens with one attached hydrogen (secondary N) is 1. The van der Waals surface area contributed by atoms with Crippen LogP contribution in [0.25, 0.3) is 0 Å². The van der Waals surface area contributed by atoms with E-state index in [2.05, 4.69) is 42.2 Å². The van der Waals surface area contributed by atoms with Gasteiger partial charge in [0, 0.05) is 15.1 Å². The molecule has 0 saturated heterocycles. The number of hydrogen-bond donors (Lipinski definition) is 1. The fraction of sp³-hybridized carbons (Fsp3) is 0.267. The first-order valence-corrected chi connectivity index (χ1v) is 8.08. The molecular formula is C15H14Br2F2N2. The maximum Gasteiger partial charge on any atom is 0.126 e. The van der Waals surface area contributed by atoms with Crippen LogP contribution < -0.4 is 5.32 Å². The fourth-order valence-corrected chi connectivity index (χ4v) is 3.38. The van der Waals surface area contributed by atoms with E-state index in [4.69, 9.17) is 0 Å². The normalized spacial score (nSPS) is 12.4. The van der Waals surface area contributed by atoms with Gasteiger partial charge in [-0.3, -0.25) is 4.98 Å². The summed E-state index contributed by atoms with van der Waals surface area (Å²) in [6.45, 7) is 2.66. The Morgan fingerprint density at radius 3 is 2.67 bits per heavy atom. The zero-order chi connectivity index (χ0) is 15.4. The first kappa shape index (κ1) is 16.5. The quantitative estimate of drug-likeness (QED) is 0.754. The van der Waals surface area contributed by atoms with Crippen molar-refractivity contribution in [3.8, 4) is 0 Å². The van der Waals surface area contributed by atoms with Gasteiger partial charge < -0.3 is 5.32 Å². The monoisotopic (exact) mass is 418 g/mol. The van der Waals surface area contributed by atoms with Crippen LogP contribution in [0.15, 0.2) is 39.4 Å². The number of nitrogens with zero attached hydrogens (tertiary/aromatic N) is 1. The second-order valence-corrected chi connectivity index (χ2v) is 6.34. The van der Waals surface area contributed by atoms with Crippen molar-refractivity contribution < 1.29 is 8.78 Å². The van der Waals surface area contributed by atoms with Crippen LogP contribution in [-0.4, -0.2) is 11.5 Å². The van der Waals surface area contributed by atoms with E-state index in [1.165, 1.54) is 6.07 Å². The molecule has 6 heteroatoms. The zero-order valence-electron chi connectivity index (χ0n) is 11.3. The van der Waals surface area contributed by atoms with Gasteiger partial charge in [-0.15, -0.1) is 0 Å². The lowest BCUT2D eigenvalue weighted by atomic mass is 10.0. The van der Waals surface area contributed by atoms with E-state index < -0.39 is 11.6 Å². The number of hydrogen-bond acceptors (Lipinski definition) is 2. The standard InChI is InChI=1S/C15H14Br2F2N2/c1-2-20-14(15-12(17)7-10(16)8-21-15)6-9-5-11(18)3-4-13(9)19/h3-5,7-8,14,20H,2,6H2,1H3. The van der Waals surface area contributed by atoms with Gasteiger partial charge in [-0.05, 0) is 74.7 Å². The Morgan fingerprint density at radius 2 is 2.00 bits per heavy atom. The Hall–Kier alpha value is -0.850. The van der Waals surface area contributed by atoms with Crippen molar-refractivity contribution in [1.82, 2.24) is 10.3 Å². The fourth-order valence-electron chi connectivity index (χ4n) is 2.11. The minimum absolute atomic E-state index is 0.200. The third kappa shape index (κ3) is 4.31. The summed E-state index contributed by atoms with van der Waals surface area (Å²) in [5.41, 5.74) is 1.10. The second-order valence-electron chi connectivity index (χ2n) is 4.57. The van der Waals surface area contributed by atoms with Crippen molar-refractivity contribution >= 4 is 31.9 Å². The molecule has 1 heterocycles. The maximum atomic E-state index is 13.8. The van der Waals surface area contributed by atoms with Crippen LogP contribution in [0.1, 0.15) is 24.2 Å². The Bertz CT molecular complexity index is 635. The van der Waals surface area contributed by atoms with Crippen LogP contribution in [0.2, 0.25) is 0 Å². The Kier molecular flexibility index (Phi) is 5.84. The molecule has 0 aliphatic carbocycles. The Labute approximate surface area is 139 Å². The van der Waals surface area contributed by atoms with Gasteiger partial charge in [0.1, 0.15) is 11.6 Å². The van der Waals surface area contributed by atoms with Crippen molar-refractivity contribution in [2.24, 2.45) is 0 Å². The molecule has 0 aliphatic rings. The summed E-state index contributed by atoms with van der Waals surface area (Å²) < 4.78 is 28.8. The lowest BCUT2D eigenvalue weighted by Gasteiger charge is -2.19. The molecule has 2 aromatic rings. The molecule has 2 nitrogen and oxygen atoms in total. The Morgan fingerprint density at radius 1 is 1.24 bits per heavy atom. The van der Waals surface area contributed by atoms with E-state index in [9.17, 15) is 8.78 Å². The zero-order valence-corrected chi connectivity index (χ0v) is 14.5. The minimum Gasteiger partial charge on any atom is -0.309 e. The molecule has 0 radical (unpaired) electrons. The van der Waals surface area contributed by atoms with Gasteiger partial charge in [-0.2, -0.15) is 0 Å². The van der Waals surface area contributed by atoms with E-state index in [-0.39, 0.29) is 6.04 Å². The van der Waals surface area contributed by atoms with Gasteiger partial charge in [-0.1, -0.05) is 6.92 Å². The lowest BCUT2D eigenvalue weighted by molar-refractivity contribution is 0.511. The molecule has 2 rings (SSSR count). The van der Waals surface area contributed by atoms with Crippen molar-refractivity contribution in [3.05, 3.63) is 62.3 Å². The van der Waals surface area contributed by atoms with E-state index in [0.29, 0.717) is 18.5 Å². The molecule has 1 aromatic heterocycles. The predicted octanol–water partition coefficient (Wildman–Crippen LogP) is 4.78. The van der Waals surface area contributed by atoms with Gasteiger partial charge in [-0.25, -0.2) is 8.78 Å². The highest BCUT2D eigenvalue weighted by molar-refractivity contribution is 9.11. The Balaban J connectivity index is 2.32. The molecular weight excluding hydrogens is 406 g/mol. The molecule has 21 heavy (non-hydrogen) atoms. The van der Waals surface area contributed by atoms with E-state index >= 15 is 0 Å². The summed E-state index contributed by atoms with van der Waals surface area (Å²) in [5, 5.41) is 3.26. The van der Waals surface area contributed by atoms with Gasteiger partial charge in [0.2, 0.25) is 0 Å². The summed E-state index contributed by atoms with van der Waals surface area (Å²) in [4.78, 5) is 4.37. The van der Waals surface area contributed by atoms with Crippen LogP contribution in [0.3, 0.4) is 0 Å². The molecule has 0 amide bonds. The smallest absolute Gasteiger partial charge is 0.126 e. The molecule has 1 atom stereocenters. The van der Waals surface area contributed by atoms with Crippen LogP contribution in [-0.2, 0) is 6.42 Å².